The van der Waals surface area contributed by atoms with Crippen molar-refractivity contribution in [2.45, 2.75) is 57.7 Å². The summed E-state index contributed by atoms with van der Waals surface area (Å²) < 4.78 is 15.4. The van der Waals surface area contributed by atoms with Crippen molar-refractivity contribution >= 4 is 37.2 Å². The van der Waals surface area contributed by atoms with Crippen LogP contribution in [0.2, 0.25) is 0 Å². The van der Waals surface area contributed by atoms with E-state index in [0.29, 0.717) is 0 Å². The number of aromatic nitrogens is 4. The average Bonchev–Trinajstić information content (AvgIpc) is 3.36. The molecule has 1 aliphatic heterocycles. The molecule has 2 heterocycles. The second-order valence-corrected chi connectivity index (χ2v) is 8.04. The van der Waals surface area contributed by atoms with Crippen LogP contribution in [0.3, 0.4) is 0 Å². The van der Waals surface area contributed by atoms with Crippen molar-refractivity contribution in [3.05, 3.63) is 41.5 Å². The van der Waals surface area contributed by atoms with Gasteiger partial charge in [-0.1, -0.05) is 25.0 Å². The summed E-state index contributed by atoms with van der Waals surface area (Å²) in [7, 11) is 0. The Hall–Kier alpha value is -0.990. The number of piperazine rings is 1. The van der Waals surface area contributed by atoms with E-state index in [4.69, 9.17) is 0 Å². The van der Waals surface area contributed by atoms with Crippen molar-refractivity contribution in [3.63, 3.8) is 0 Å². The standard InChI is InChI=1S/C20H29FN6.3ClH/c1-15(2)27-20(22-23-24-27)19(16-7-9-17(21)10-8-16)26-13-11-25(12-14-26)18-5-3-4-6-18;;;/h7-10,15,18-19H,3-6,11-14H2,1-2H3;3*1H. The van der Waals surface area contributed by atoms with E-state index >= 15 is 0 Å². The van der Waals surface area contributed by atoms with E-state index in [-0.39, 0.29) is 55.1 Å². The summed E-state index contributed by atoms with van der Waals surface area (Å²) in [4.78, 5) is 5.10. The first-order valence-corrected chi connectivity index (χ1v) is 10.1. The molecule has 2 fully saturated rings. The van der Waals surface area contributed by atoms with Gasteiger partial charge in [0.25, 0.3) is 0 Å². The van der Waals surface area contributed by atoms with Crippen LogP contribution in [0, 0.1) is 5.82 Å². The quantitative estimate of drug-likeness (QED) is 0.637. The minimum atomic E-state index is -0.216. The van der Waals surface area contributed by atoms with Gasteiger partial charge in [0.05, 0.1) is 12.1 Å². The topological polar surface area (TPSA) is 50.1 Å². The zero-order chi connectivity index (χ0) is 18.8. The number of rotatable bonds is 5. The smallest absolute Gasteiger partial charge is 0.173 e. The third-order valence-corrected chi connectivity index (χ3v) is 5.99. The molecule has 1 unspecified atom stereocenters. The molecule has 1 aliphatic carbocycles. The molecule has 2 aromatic rings. The van der Waals surface area contributed by atoms with Crippen molar-refractivity contribution in [1.29, 1.82) is 0 Å². The Morgan fingerprint density at radius 2 is 1.53 bits per heavy atom. The van der Waals surface area contributed by atoms with E-state index in [9.17, 15) is 4.39 Å². The minimum Gasteiger partial charge on any atom is -0.298 e. The van der Waals surface area contributed by atoms with Crippen LogP contribution in [0.4, 0.5) is 4.39 Å². The number of benzene rings is 1. The maximum atomic E-state index is 13.5. The zero-order valence-corrected chi connectivity index (χ0v) is 19.9. The van der Waals surface area contributed by atoms with Crippen LogP contribution in [0.5, 0.6) is 0 Å². The Bertz CT molecular complexity index is 743. The largest absolute Gasteiger partial charge is 0.298 e. The van der Waals surface area contributed by atoms with Gasteiger partial charge in [-0.15, -0.1) is 42.3 Å². The van der Waals surface area contributed by atoms with Crippen LogP contribution in [-0.4, -0.2) is 62.2 Å². The second-order valence-electron chi connectivity index (χ2n) is 8.04. The summed E-state index contributed by atoms with van der Waals surface area (Å²) >= 11 is 0. The highest BCUT2D eigenvalue weighted by molar-refractivity contribution is 5.86. The fourth-order valence-corrected chi connectivity index (χ4v) is 4.55. The van der Waals surface area contributed by atoms with Crippen molar-refractivity contribution in [1.82, 2.24) is 30.0 Å². The molecule has 0 N–H and O–H groups in total. The Labute approximate surface area is 196 Å². The lowest BCUT2D eigenvalue weighted by atomic mass is 10.0. The molecule has 1 aromatic carbocycles. The second kappa shape index (κ2) is 12.2. The highest BCUT2D eigenvalue weighted by Gasteiger charge is 2.33. The fourth-order valence-electron chi connectivity index (χ4n) is 4.55. The Kier molecular flexibility index (Phi) is 11.0. The van der Waals surface area contributed by atoms with Gasteiger partial charge in [0.2, 0.25) is 0 Å². The summed E-state index contributed by atoms with van der Waals surface area (Å²) in [6.45, 7) is 8.27. The Balaban J connectivity index is 0.00000150. The maximum absolute atomic E-state index is 13.5. The lowest BCUT2D eigenvalue weighted by molar-refractivity contribution is 0.0766. The number of halogens is 4. The molecule has 1 saturated carbocycles. The molecular weight excluding hydrogens is 450 g/mol. The van der Waals surface area contributed by atoms with Crippen LogP contribution in [0.15, 0.2) is 24.3 Å². The van der Waals surface area contributed by atoms with Gasteiger partial charge in [0, 0.05) is 32.2 Å². The molecule has 4 rings (SSSR count). The number of hydrogen-bond acceptors (Lipinski definition) is 5. The lowest BCUT2D eigenvalue weighted by Gasteiger charge is -2.41. The van der Waals surface area contributed by atoms with E-state index in [1.54, 1.807) is 0 Å². The van der Waals surface area contributed by atoms with Gasteiger partial charge in [-0.25, -0.2) is 9.07 Å². The molecule has 0 spiro atoms. The normalized spacial score (nSPS) is 19.1. The highest BCUT2D eigenvalue weighted by Crippen LogP contribution is 2.31. The molecule has 1 saturated heterocycles. The van der Waals surface area contributed by atoms with Gasteiger partial charge in [-0.2, -0.15) is 0 Å². The van der Waals surface area contributed by atoms with Gasteiger partial charge in [0.15, 0.2) is 5.82 Å². The lowest BCUT2D eigenvalue weighted by Crippen LogP contribution is -2.51. The number of nitrogens with zero attached hydrogens (tertiary/aromatic N) is 6. The molecule has 0 amide bonds. The molecule has 0 bridgehead atoms. The third-order valence-electron chi connectivity index (χ3n) is 5.99. The maximum Gasteiger partial charge on any atom is 0.173 e. The molecule has 1 aromatic heterocycles. The predicted octanol–water partition coefficient (Wildman–Crippen LogP) is 4.31. The predicted molar refractivity (Wildman–Crippen MR) is 124 cm³/mol. The molecule has 6 nitrogen and oxygen atoms in total. The van der Waals surface area contributed by atoms with E-state index in [1.165, 1.54) is 37.8 Å². The van der Waals surface area contributed by atoms with Crippen LogP contribution >= 0.6 is 37.2 Å². The van der Waals surface area contributed by atoms with E-state index in [0.717, 1.165) is 43.6 Å². The van der Waals surface area contributed by atoms with Crippen molar-refractivity contribution in [3.8, 4) is 0 Å². The summed E-state index contributed by atoms with van der Waals surface area (Å²) in [5.74, 6) is 0.623. The minimum absolute atomic E-state index is 0. The monoisotopic (exact) mass is 480 g/mol. The fraction of sp³-hybridized carbons (Fsp3) is 0.650. The Morgan fingerprint density at radius 1 is 0.933 bits per heavy atom. The van der Waals surface area contributed by atoms with E-state index in [2.05, 4.69) is 39.2 Å². The van der Waals surface area contributed by atoms with Crippen LogP contribution in [0.1, 0.15) is 63.0 Å². The molecule has 30 heavy (non-hydrogen) atoms. The molecule has 2 aliphatic rings. The number of tetrazole rings is 1. The molecule has 170 valence electrons. The average molecular weight is 482 g/mol. The van der Waals surface area contributed by atoms with Crippen molar-refractivity contribution in [2.75, 3.05) is 26.2 Å². The van der Waals surface area contributed by atoms with Crippen molar-refractivity contribution < 1.29 is 4.39 Å². The van der Waals surface area contributed by atoms with E-state index in [1.807, 2.05) is 16.8 Å². The van der Waals surface area contributed by atoms with Crippen LogP contribution in [0.25, 0.3) is 0 Å². The van der Waals surface area contributed by atoms with E-state index < -0.39 is 0 Å². The zero-order valence-electron chi connectivity index (χ0n) is 17.5. The molecule has 10 heteroatoms. The molecule has 0 radical (unpaired) electrons. The first-order valence-electron chi connectivity index (χ1n) is 10.1. The van der Waals surface area contributed by atoms with Gasteiger partial charge >= 0.3 is 0 Å². The summed E-state index contributed by atoms with van der Waals surface area (Å²) in [6.07, 6.45) is 5.42. The SMILES string of the molecule is CC(C)n1nnnc1C(c1ccc(F)cc1)N1CCN(C2CCCC2)CC1.Cl.Cl.Cl. The van der Waals surface area contributed by atoms with Crippen LogP contribution in [-0.2, 0) is 0 Å². The summed E-state index contributed by atoms with van der Waals surface area (Å²) in [5, 5.41) is 12.5. The van der Waals surface area contributed by atoms with Gasteiger partial charge in [-0.05, 0) is 54.8 Å². The van der Waals surface area contributed by atoms with Gasteiger partial charge in [0.1, 0.15) is 5.82 Å². The molecular formula is C20H32Cl3FN6. The van der Waals surface area contributed by atoms with Gasteiger partial charge < -0.3 is 0 Å². The highest BCUT2D eigenvalue weighted by atomic mass is 35.5. The first kappa shape index (κ1) is 27.0. The summed E-state index contributed by atoms with van der Waals surface area (Å²) in [6, 6.07) is 7.68. The Morgan fingerprint density at radius 3 is 2.10 bits per heavy atom. The first-order chi connectivity index (χ1) is 13.1. The third kappa shape index (κ3) is 5.82. The van der Waals surface area contributed by atoms with Gasteiger partial charge in [-0.3, -0.25) is 9.80 Å². The number of hydrogen-bond donors (Lipinski definition) is 0. The molecule has 1 atom stereocenters. The van der Waals surface area contributed by atoms with Crippen LogP contribution < -0.4 is 0 Å². The summed E-state index contributed by atoms with van der Waals surface area (Å²) in [5.41, 5.74) is 1.04. The van der Waals surface area contributed by atoms with Crippen molar-refractivity contribution in [2.24, 2.45) is 0 Å².